The maximum atomic E-state index is 10.0. The zero-order chi connectivity index (χ0) is 15.3. The first-order valence-electron chi connectivity index (χ1n) is 7.36. The molecule has 1 fully saturated rings. The lowest BCUT2D eigenvalue weighted by Gasteiger charge is -2.27. The van der Waals surface area contributed by atoms with Crippen LogP contribution < -0.4 is 0 Å². The van der Waals surface area contributed by atoms with Gasteiger partial charge in [-0.05, 0) is 51.6 Å². The summed E-state index contributed by atoms with van der Waals surface area (Å²) in [6.07, 6.45) is 1.03. The zero-order valence-electron chi connectivity index (χ0n) is 13.0. The molecule has 1 unspecified atom stereocenters. The quantitative estimate of drug-likeness (QED) is 0.848. The first kappa shape index (κ1) is 14.7. The molecule has 0 aromatic heterocycles. The molecule has 0 bridgehead atoms. The molecule has 1 heterocycles. The number of hydrogen-bond acceptors (Lipinski definition) is 3. The van der Waals surface area contributed by atoms with Gasteiger partial charge < -0.3 is 9.84 Å². The van der Waals surface area contributed by atoms with Crippen LogP contribution >= 0.6 is 11.8 Å². The van der Waals surface area contributed by atoms with E-state index in [4.69, 9.17) is 4.74 Å². The minimum absolute atomic E-state index is 0.0755. The molecular weight excluding hydrogens is 280 g/mol. The van der Waals surface area contributed by atoms with Gasteiger partial charge in [0.1, 0.15) is 5.75 Å². The molecule has 2 aromatic rings. The van der Waals surface area contributed by atoms with E-state index in [1.165, 1.54) is 4.90 Å². The smallest absolute Gasteiger partial charge is 0.123 e. The summed E-state index contributed by atoms with van der Waals surface area (Å²) < 4.78 is 6.19. The third-order valence-corrected chi connectivity index (χ3v) is 5.75. The highest BCUT2D eigenvalue weighted by atomic mass is 32.2. The second kappa shape index (κ2) is 4.92. The van der Waals surface area contributed by atoms with Crippen molar-refractivity contribution in [3.63, 3.8) is 0 Å². The summed E-state index contributed by atoms with van der Waals surface area (Å²) in [5.41, 5.74) is -0.221. The first-order chi connectivity index (χ1) is 9.78. The van der Waals surface area contributed by atoms with Gasteiger partial charge in [0.05, 0.1) is 11.2 Å². The first-order valence-corrected chi connectivity index (χ1v) is 8.24. The molecule has 0 radical (unpaired) electrons. The monoisotopic (exact) mass is 302 g/mol. The van der Waals surface area contributed by atoms with E-state index in [1.807, 2.05) is 36.0 Å². The number of aromatic hydroxyl groups is 1. The minimum Gasteiger partial charge on any atom is -0.507 e. The van der Waals surface area contributed by atoms with E-state index >= 15 is 0 Å². The lowest BCUT2D eigenvalue weighted by atomic mass is 10.0. The zero-order valence-corrected chi connectivity index (χ0v) is 13.8. The average molecular weight is 302 g/mol. The number of hydrogen-bond donors (Lipinski definition) is 1. The van der Waals surface area contributed by atoms with Crippen LogP contribution in [0.25, 0.3) is 10.8 Å². The second-order valence-electron chi connectivity index (χ2n) is 6.90. The van der Waals surface area contributed by atoms with Gasteiger partial charge in [-0.2, -0.15) is 0 Å². The molecule has 3 heteroatoms. The number of rotatable bonds is 2. The molecule has 2 aromatic carbocycles. The maximum Gasteiger partial charge on any atom is 0.123 e. The minimum atomic E-state index is -0.146. The molecule has 21 heavy (non-hydrogen) atoms. The highest BCUT2D eigenvalue weighted by molar-refractivity contribution is 8.00. The van der Waals surface area contributed by atoms with Gasteiger partial charge in [-0.1, -0.05) is 24.3 Å². The number of benzene rings is 2. The summed E-state index contributed by atoms with van der Waals surface area (Å²) in [4.78, 5) is 1.21. The van der Waals surface area contributed by atoms with Crippen molar-refractivity contribution in [3.05, 3.63) is 36.4 Å². The van der Waals surface area contributed by atoms with E-state index in [0.717, 1.165) is 17.2 Å². The number of thioether (sulfide) groups is 1. The molecule has 1 atom stereocenters. The molecular formula is C18H22O2S. The third-order valence-electron chi connectivity index (χ3n) is 4.12. The lowest BCUT2D eigenvalue weighted by molar-refractivity contribution is -0.0631. The lowest BCUT2D eigenvalue weighted by Crippen LogP contribution is -2.30. The summed E-state index contributed by atoms with van der Waals surface area (Å²) in [7, 11) is 0. The van der Waals surface area contributed by atoms with E-state index in [1.54, 1.807) is 6.07 Å². The van der Waals surface area contributed by atoms with E-state index in [0.29, 0.717) is 11.0 Å². The van der Waals surface area contributed by atoms with Crippen LogP contribution in [0.15, 0.2) is 41.3 Å². The Balaban J connectivity index is 1.98. The van der Waals surface area contributed by atoms with Crippen molar-refractivity contribution >= 4 is 22.5 Å². The SMILES string of the molecule is CC1(C)CC(Sc2ccc(O)c3ccccc23)C(C)(C)O1. The van der Waals surface area contributed by atoms with Crippen LogP contribution in [0.3, 0.4) is 0 Å². The molecule has 2 nitrogen and oxygen atoms in total. The number of fused-ring (bicyclic) bond motifs is 1. The number of phenolic OH excluding ortho intramolecular Hbond substituents is 1. The van der Waals surface area contributed by atoms with E-state index in [9.17, 15) is 5.11 Å². The standard InChI is InChI=1S/C18H22O2S/c1-17(2)11-16(18(3,4)20-17)21-15-10-9-14(19)12-7-5-6-8-13(12)15/h5-10,16,19H,11H2,1-4H3. The van der Waals surface area contributed by atoms with Crippen LogP contribution in [-0.2, 0) is 4.74 Å². The molecule has 3 rings (SSSR count). The van der Waals surface area contributed by atoms with Gasteiger partial charge in [-0.15, -0.1) is 11.8 Å². The van der Waals surface area contributed by atoms with Crippen molar-refractivity contribution in [1.82, 2.24) is 0 Å². The topological polar surface area (TPSA) is 29.5 Å². The van der Waals surface area contributed by atoms with Crippen molar-refractivity contribution in [2.75, 3.05) is 0 Å². The predicted octanol–water partition coefficient (Wildman–Crippen LogP) is 4.98. The summed E-state index contributed by atoms with van der Waals surface area (Å²) in [6.45, 7) is 8.65. The highest BCUT2D eigenvalue weighted by Crippen LogP contribution is 2.47. The fourth-order valence-electron chi connectivity index (χ4n) is 3.21. The van der Waals surface area contributed by atoms with Gasteiger partial charge in [-0.3, -0.25) is 0 Å². The second-order valence-corrected chi connectivity index (χ2v) is 8.15. The Labute approximate surface area is 130 Å². The number of ether oxygens (including phenoxy) is 1. The van der Waals surface area contributed by atoms with Gasteiger partial charge in [0.15, 0.2) is 0 Å². The van der Waals surface area contributed by atoms with E-state index < -0.39 is 0 Å². The van der Waals surface area contributed by atoms with Crippen molar-refractivity contribution < 1.29 is 9.84 Å². The van der Waals surface area contributed by atoms with Gasteiger partial charge in [-0.25, -0.2) is 0 Å². The van der Waals surface area contributed by atoms with Gasteiger partial charge in [0, 0.05) is 15.5 Å². The van der Waals surface area contributed by atoms with Crippen molar-refractivity contribution in [3.8, 4) is 5.75 Å². The Morgan fingerprint density at radius 2 is 1.71 bits per heavy atom. The van der Waals surface area contributed by atoms with Crippen LogP contribution in [-0.4, -0.2) is 21.6 Å². The van der Waals surface area contributed by atoms with Crippen molar-refractivity contribution in [2.45, 2.75) is 55.5 Å². The summed E-state index contributed by atoms with van der Waals surface area (Å²) in [5, 5.41) is 12.4. The Morgan fingerprint density at radius 3 is 2.33 bits per heavy atom. The van der Waals surface area contributed by atoms with Crippen molar-refractivity contribution in [2.24, 2.45) is 0 Å². The predicted molar refractivity (Wildman–Crippen MR) is 89.1 cm³/mol. The molecule has 1 aliphatic rings. The normalized spacial score (nSPS) is 23.5. The van der Waals surface area contributed by atoms with E-state index in [-0.39, 0.29) is 11.2 Å². The summed E-state index contributed by atoms with van der Waals surface area (Å²) in [6, 6.07) is 11.8. The van der Waals surface area contributed by atoms with Crippen LogP contribution in [0, 0.1) is 0 Å². The number of phenols is 1. The fourth-order valence-corrected chi connectivity index (χ4v) is 4.78. The molecule has 1 N–H and O–H groups in total. The molecule has 0 aliphatic carbocycles. The third kappa shape index (κ3) is 2.77. The van der Waals surface area contributed by atoms with Gasteiger partial charge >= 0.3 is 0 Å². The largest absolute Gasteiger partial charge is 0.507 e. The molecule has 112 valence electrons. The van der Waals surface area contributed by atoms with Gasteiger partial charge in [0.2, 0.25) is 0 Å². The maximum absolute atomic E-state index is 10.0. The van der Waals surface area contributed by atoms with Crippen LogP contribution in [0.5, 0.6) is 5.75 Å². The average Bonchev–Trinajstić information content (AvgIpc) is 2.61. The molecule has 1 saturated heterocycles. The Hall–Kier alpha value is -1.19. The molecule has 1 aliphatic heterocycles. The Kier molecular flexibility index (Phi) is 3.45. The fraction of sp³-hybridized carbons (Fsp3) is 0.444. The van der Waals surface area contributed by atoms with E-state index in [2.05, 4.69) is 33.8 Å². The van der Waals surface area contributed by atoms with Crippen LogP contribution in [0.1, 0.15) is 34.1 Å². The Bertz CT molecular complexity index is 676. The van der Waals surface area contributed by atoms with Crippen LogP contribution in [0.2, 0.25) is 0 Å². The molecule has 0 saturated carbocycles. The van der Waals surface area contributed by atoms with Crippen LogP contribution in [0.4, 0.5) is 0 Å². The molecule has 0 spiro atoms. The van der Waals surface area contributed by atoms with Gasteiger partial charge in [0.25, 0.3) is 0 Å². The van der Waals surface area contributed by atoms with Crippen molar-refractivity contribution in [1.29, 1.82) is 0 Å². The summed E-state index contributed by atoms with van der Waals surface area (Å²) in [5.74, 6) is 0.345. The highest BCUT2D eigenvalue weighted by Gasteiger charge is 2.46. The summed E-state index contributed by atoms with van der Waals surface area (Å²) >= 11 is 1.86. The molecule has 0 amide bonds. The Morgan fingerprint density at radius 1 is 1.05 bits per heavy atom.